The van der Waals surface area contributed by atoms with Crippen molar-refractivity contribution >= 4 is 5.91 Å². The molecule has 0 unspecified atom stereocenters. The van der Waals surface area contributed by atoms with Gasteiger partial charge in [-0.1, -0.05) is 19.3 Å². The Kier molecular flexibility index (Phi) is 4.36. The van der Waals surface area contributed by atoms with Crippen LogP contribution in [-0.4, -0.2) is 27.5 Å². The average molecular weight is 250 g/mol. The number of nitrogens with one attached hydrogen (secondary N) is 1. The molecule has 5 heteroatoms. The van der Waals surface area contributed by atoms with Gasteiger partial charge in [0.2, 0.25) is 5.91 Å². The van der Waals surface area contributed by atoms with Crippen molar-refractivity contribution in [1.29, 1.82) is 0 Å². The van der Waals surface area contributed by atoms with E-state index in [0.29, 0.717) is 19.5 Å². The van der Waals surface area contributed by atoms with Crippen molar-refractivity contribution in [1.82, 2.24) is 14.9 Å². The van der Waals surface area contributed by atoms with Crippen LogP contribution in [0.1, 0.15) is 38.5 Å². The fraction of sp³-hybridized carbons (Fsp3) is 0.692. The van der Waals surface area contributed by atoms with Gasteiger partial charge in [-0.15, -0.1) is 0 Å². The van der Waals surface area contributed by atoms with Crippen LogP contribution < -0.4 is 11.1 Å². The van der Waals surface area contributed by atoms with Crippen LogP contribution in [0.4, 0.5) is 0 Å². The zero-order chi connectivity index (χ0) is 12.8. The van der Waals surface area contributed by atoms with Crippen molar-refractivity contribution in [3.63, 3.8) is 0 Å². The highest BCUT2D eigenvalue weighted by Gasteiger charge is 2.27. The van der Waals surface area contributed by atoms with Crippen LogP contribution >= 0.6 is 0 Å². The highest BCUT2D eigenvalue weighted by molar-refractivity contribution is 5.75. The van der Waals surface area contributed by atoms with Crippen molar-refractivity contribution in [3.8, 4) is 0 Å². The topological polar surface area (TPSA) is 72.9 Å². The fourth-order valence-electron chi connectivity index (χ4n) is 2.45. The summed E-state index contributed by atoms with van der Waals surface area (Å²) < 4.78 is 1.90. The second-order valence-electron chi connectivity index (χ2n) is 5.25. The van der Waals surface area contributed by atoms with Gasteiger partial charge in [0.1, 0.15) is 0 Å². The number of aromatic nitrogens is 2. The molecular formula is C13H22N4O. The Bertz CT molecular complexity index is 368. The maximum Gasteiger partial charge on any atom is 0.221 e. The predicted molar refractivity (Wildman–Crippen MR) is 69.9 cm³/mol. The molecule has 0 spiro atoms. The summed E-state index contributed by atoms with van der Waals surface area (Å²) in [5, 5.41) is 2.96. The molecule has 3 N–H and O–H groups in total. The van der Waals surface area contributed by atoms with Crippen LogP contribution in [0.15, 0.2) is 18.7 Å². The minimum absolute atomic E-state index is 0.0686. The van der Waals surface area contributed by atoms with Crippen LogP contribution in [-0.2, 0) is 11.3 Å². The average Bonchev–Trinajstić information content (AvgIpc) is 2.88. The number of aryl methyl sites for hydroxylation is 1. The number of imidazole rings is 1. The number of carbonyl (C=O) groups excluding carboxylic acids is 1. The number of rotatable bonds is 5. The molecule has 100 valence electrons. The van der Waals surface area contributed by atoms with Gasteiger partial charge in [-0.25, -0.2) is 4.98 Å². The van der Waals surface area contributed by atoms with Gasteiger partial charge < -0.3 is 15.6 Å². The second kappa shape index (κ2) is 6.00. The molecule has 1 aliphatic carbocycles. The SMILES string of the molecule is NC1(CNC(=O)CCn2ccnc2)CCCCC1. The van der Waals surface area contributed by atoms with Gasteiger partial charge in [0.15, 0.2) is 0 Å². The van der Waals surface area contributed by atoms with Crippen molar-refractivity contribution < 1.29 is 4.79 Å². The van der Waals surface area contributed by atoms with Gasteiger partial charge in [0.05, 0.1) is 6.33 Å². The van der Waals surface area contributed by atoms with E-state index in [-0.39, 0.29) is 11.4 Å². The highest BCUT2D eigenvalue weighted by atomic mass is 16.1. The second-order valence-corrected chi connectivity index (χ2v) is 5.25. The van der Waals surface area contributed by atoms with Gasteiger partial charge >= 0.3 is 0 Å². The number of nitrogens with zero attached hydrogens (tertiary/aromatic N) is 2. The van der Waals surface area contributed by atoms with E-state index >= 15 is 0 Å². The van der Waals surface area contributed by atoms with E-state index in [2.05, 4.69) is 10.3 Å². The Hall–Kier alpha value is -1.36. The molecule has 0 aliphatic heterocycles. The molecule has 1 fully saturated rings. The maximum absolute atomic E-state index is 11.7. The standard InChI is InChI=1S/C13H22N4O/c14-13(5-2-1-3-6-13)10-16-12(18)4-8-17-9-7-15-11-17/h7,9,11H,1-6,8,10,14H2,(H,16,18). The van der Waals surface area contributed by atoms with E-state index in [1.165, 1.54) is 19.3 Å². The summed E-state index contributed by atoms with van der Waals surface area (Å²) in [6.45, 7) is 1.28. The Morgan fingerprint density at radius 2 is 2.17 bits per heavy atom. The number of hydrogen-bond acceptors (Lipinski definition) is 3. The fourth-order valence-corrected chi connectivity index (χ4v) is 2.45. The molecule has 1 aliphatic rings. The number of amides is 1. The molecule has 2 rings (SSSR count). The third kappa shape index (κ3) is 3.84. The number of hydrogen-bond donors (Lipinski definition) is 2. The first kappa shape index (κ1) is 13.1. The summed E-state index contributed by atoms with van der Waals surface area (Å²) in [5.41, 5.74) is 6.09. The molecule has 1 saturated carbocycles. The van der Waals surface area contributed by atoms with Crippen LogP contribution in [0.5, 0.6) is 0 Å². The molecule has 0 bridgehead atoms. The minimum Gasteiger partial charge on any atom is -0.354 e. The Labute approximate surface area is 108 Å². The quantitative estimate of drug-likeness (QED) is 0.820. The normalized spacial score (nSPS) is 18.5. The largest absolute Gasteiger partial charge is 0.354 e. The monoisotopic (exact) mass is 250 g/mol. The molecule has 1 aromatic heterocycles. The van der Waals surface area contributed by atoms with Gasteiger partial charge in [-0.2, -0.15) is 0 Å². The predicted octanol–water partition coefficient (Wildman–Crippen LogP) is 1.05. The van der Waals surface area contributed by atoms with E-state index in [4.69, 9.17) is 5.73 Å². The van der Waals surface area contributed by atoms with Gasteiger partial charge in [-0.3, -0.25) is 4.79 Å². The Morgan fingerprint density at radius 3 is 2.83 bits per heavy atom. The molecule has 1 amide bonds. The summed E-state index contributed by atoms with van der Waals surface area (Å²) in [6.07, 6.45) is 11.5. The first-order valence-electron chi connectivity index (χ1n) is 6.69. The summed E-state index contributed by atoms with van der Waals surface area (Å²) >= 11 is 0. The third-order valence-electron chi connectivity index (χ3n) is 3.64. The molecule has 1 aromatic rings. The zero-order valence-electron chi connectivity index (χ0n) is 10.8. The number of nitrogens with two attached hydrogens (primary N) is 1. The summed E-state index contributed by atoms with van der Waals surface area (Å²) in [7, 11) is 0. The van der Waals surface area contributed by atoms with Gasteiger partial charge in [0.25, 0.3) is 0 Å². The van der Waals surface area contributed by atoms with E-state index in [0.717, 1.165) is 12.8 Å². The zero-order valence-corrected chi connectivity index (χ0v) is 10.8. The summed E-state index contributed by atoms with van der Waals surface area (Å²) in [4.78, 5) is 15.7. The molecule has 0 radical (unpaired) electrons. The van der Waals surface area contributed by atoms with Gasteiger partial charge in [-0.05, 0) is 12.8 Å². The van der Waals surface area contributed by atoms with Crippen LogP contribution in [0.2, 0.25) is 0 Å². The van der Waals surface area contributed by atoms with Crippen molar-refractivity contribution in [2.45, 2.75) is 50.6 Å². The molecule has 0 aromatic carbocycles. The van der Waals surface area contributed by atoms with Crippen LogP contribution in [0.25, 0.3) is 0 Å². The Morgan fingerprint density at radius 1 is 1.39 bits per heavy atom. The molecule has 1 heterocycles. The third-order valence-corrected chi connectivity index (χ3v) is 3.64. The van der Waals surface area contributed by atoms with Crippen LogP contribution in [0, 0.1) is 0 Å². The first-order valence-corrected chi connectivity index (χ1v) is 6.69. The smallest absolute Gasteiger partial charge is 0.221 e. The lowest BCUT2D eigenvalue weighted by molar-refractivity contribution is -0.121. The Balaban J connectivity index is 1.68. The maximum atomic E-state index is 11.7. The van der Waals surface area contributed by atoms with E-state index in [1.807, 2.05) is 10.8 Å². The minimum atomic E-state index is -0.178. The summed E-state index contributed by atoms with van der Waals surface area (Å²) in [5.74, 6) is 0.0686. The van der Waals surface area contributed by atoms with Crippen molar-refractivity contribution in [2.75, 3.05) is 6.54 Å². The van der Waals surface area contributed by atoms with Crippen molar-refractivity contribution in [3.05, 3.63) is 18.7 Å². The molecule has 18 heavy (non-hydrogen) atoms. The molecular weight excluding hydrogens is 228 g/mol. The van der Waals surface area contributed by atoms with Crippen molar-refractivity contribution in [2.24, 2.45) is 5.73 Å². The lowest BCUT2D eigenvalue weighted by atomic mass is 9.82. The van der Waals surface area contributed by atoms with E-state index in [9.17, 15) is 4.79 Å². The lowest BCUT2D eigenvalue weighted by Gasteiger charge is -2.33. The van der Waals surface area contributed by atoms with E-state index < -0.39 is 0 Å². The van der Waals surface area contributed by atoms with Crippen LogP contribution in [0.3, 0.4) is 0 Å². The van der Waals surface area contributed by atoms with E-state index in [1.54, 1.807) is 12.5 Å². The highest BCUT2D eigenvalue weighted by Crippen LogP contribution is 2.25. The summed E-state index contributed by atoms with van der Waals surface area (Å²) in [6, 6.07) is 0. The molecule has 0 saturated heterocycles. The molecule has 0 atom stereocenters. The first-order chi connectivity index (χ1) is 8.68. The number of carbonyl (C=O) groups is 1. The van der Waals surface area contributed by atoms with Gasteiger partial charge in [0, 0.05) is 37.4 Å². The lowest BCUT2D eigenvalue weighted by Crippen LogP contribution is -2.51. The molecule has 5 nitrogen and oxygen atoms in total.